The molecule has 26 nitrogen and oxygen atoms in total. The highest BCUT2D eigenvalue weighted by Gasteiger charge is 2.50. The molecule has 0 radical (unpaired) electrons. The van der Waals surface area contributed by atoms with Gasteiger partial charge in [0.25, 0.3) is 0 Å². The monoisotopic (exact) mass is 1040 g/mol. The summed E-state index contributed by atoms with van der Waals surface area (Å²) in [6, 6.07) is -8.17. The molecule has 1 aliphatic rings. The molecule has 1 saturated heterocycles. The number of hydrogen-bond donors (Lipinski definition) is 11. The lowest BCUT2D eigenvalue weighted by Gasteiger charge is -2.45. The Morgan fingerprint density at radius 3 is 1.86 bits per heavy atom. The van der Waals surface area contributed by atoms with E-state index >= 15 is 0 Å². The summed E-state index contributed by atoms with van der Waals surface area (Å²) in [4.78, 5) is 121. The van der Waals surface area contributed by atoms with E-state index < -0.39 is 149 Å². The molecule has 0 aliphatic carbocycles. The number of phosphoric ester groups is 2. The van der Waals surface area contributed by atoms with Crippen LogP contribution in [0.3, 0.4) is 0 Å². The zero-order valence-electron chi connectivity index (χ0n) is 41.3. The van der Waals surface area contributed by atoms with Crippen molar-refractivity contribution < 1.29 is 95.4 Å². The molecule has 1 fully saturated rings. The van der Waals surface area contributed by atoms with E-state index in [4.69, 9.17) is 23.6 Å². The molecule has 0 bridgehead atoms. The van der Waals surface area contributed by atoms with E-state index in [2.05, 4.69) is 36.2 Å². The van der Waals surface area contributed by atoms with Gasteiger partial charge in [0.2, 0.25) is 35.4 Å². The lowest BCUT2D eigenvalue weighted by Crippen LogP contribution is -2.63. The summed E-state index contributed by atoms with van der Waals surface area (Å²) in [6.45, 7) is 14.1. The van der Waals surface area contributed by atoms with Crippen molar-refractivity contribution in [2.75, 3.05) is 13.2 Å². The van der Waals surface area contributed by atoms with Gasteiger partial charge in [-0.2, -0.15) is 4.31 Å². The van der Waals surface area contributed by atoms with Gasteiger partial charge in [-0.1, -0.05) is 45.3 Å². The predicted octanol–water partition coefficient (Wildman–Crippen LogP) is 1.26. The van der Waals surface area contributed by atoms with E-state index in [0.717, 1.165) is 25.3 Å². The second-order valence-electron chi connectivity index (χ2n) is 17.5. The first kappa shape index (κ1) is 63.7. The second-order valence-corrected chi connectivity index (χ2v) is 20.5. The summed E-state index contributed by atoms with van der Waals surface area (Å²) >= 11 is 0. The van der Waals surface area contributed by atoms with Gasteiger partial charge in [0.05, 0.1) is 25.4 Å². The quantitative estimate of drug-likeness (QED) is 0.0334. The Labute approximate surface area is 407 Å². The van der Waals surface area contributed by atoms with Crippen LogP contribution in [-0.4, -0.2) is 147 Å². The summed E-state index contributed by atoms with van der Waals surface area (Å²) in [5, 5.41) is 43.2. The van der Waals surface area contributed by atoms with Crippen molar-refractivity contribution in [1.29, 1.82) is 0 Å². The Morgan fingerprint density at radius 1 is 0.729 bits per heavy atom. The molecular formula is C42H74N6O20P2. The minimum atomic E-state index is -5.57. The number of allylic oxidation sites excluding steroid dienone is 2. The van der Waals surface area contributed by atoms with Crippen LogP contribution in [0.15, 0.2) is 11.6 Å². The van der Waals surface area contributed by atoms with Gasteiger partial charge in [-0.25, -0.2) is 13.9 Å². The summed E-state index contributed by atoms with van der Waals surface area (Å²) in [6.07, 6.45) is -1.95. The fourth-order valence-corrected chi connectivity index (χ4v) is 8.85. The van der Waals surface area contributed by atoms with Crippen molar-refractivity contribution in [3.05, 3.63) is 11.6 Å². The van der Waals surface area contributed by atoms with Crippen LogP contribution in [0.25, 0.3) is 0 Å². The minimum Gasteiger partial charge on any atom is -0.480 e. The zero-order valence-corrected chi connectivity index (χ0v) is 43.1. The van der Waals surface area contributed by atoms with E-state index in [1.807, 2.05) is 33.8 Å². The average molecular weight is 1050 g/mol. The highest BCUT2D eigenvalue weighted by atomic mass is 31.3. The number of aliphatic hydroxyl groups is 1. The first-order chi connectivity index (χ1) is 32.4. The molecule has 6 amide bonds. The molecule has 11 N–H and O–H groups in total. The van der Waals surface area contributed by atoms with E-state index in [1.165, 1.54) is 34.6 Å². The van der Waals surface area contributed by atoms with E-state index in [0.29, 0.717) is 19.3 Å². The molecule has 0 aromatic rings. The molecule has 1 heterocycles. The number of carboxylic acids is 2. The van der Waals surface area contributed by atoms with Crippen LogP contribution in [0, 0.1) is 11.8 Å². The minimum absolute atomic E-state index is 0.0579. The van der Waals surface area contributed by atoms with Gasteiger partial charge in [0.15, 0.2) is 6.29 Å². The van der Waals surface area contributed by atoms with Crippen LogP contribution >= 0.6 is 15.6 Å². The fourth-order valence-electron chi connectivity index (χ4n) is 6.69. The number of nitrogens with one attached hydrogen (secondary N) is 6. The van der Waals surface area contributed by atoms with Crippen molar-refractivity contribution in [1.82, 2.24) is 31.9 Å². The van der Waals surface area contributed by atoms with Crippen molar-refractivity contribution in [3.63, 3.8) is 0 Å². The number of hydrogen-bond acceptors (Lipinski definition) is 16. The van der Waals surface area contributed by atoms with Crippen LogP contribution in [0.4, 0.5) is 0 Å². The topological polar surface area (TPSA) is 390 Å². The molecule has 402 valence electrons. The predicted molar refractivity (Wildman–Crippen MR) is 248 cm³/mol. The smallest absolute Gasteiger partial charge is 0.480 e. The number of phosphoric acid groups is 2. The normalized spacial score (nSPS) is 22.6. The molecule has 0 aromatic heterocycles. The molecule has 14 atom stereocenters. The largest absolute Gasteiger partial charge is 0.483 e. The molecule has 1 aliphatic heterocycles. The summed E-state index contributed by atoms with van der Waals surface area (Å²) in [5.74, 6) is -8.66. The molecular weight excluding hydrogens is 970 g/mol. The molecule has 28 heteroatoms. The zero-order chi connectivity index (χ0) is 53.7. The van der Waals surface area contributed by atoms with E-state index in [1.54, 1.807) is 0 Å². The second kappa shape index (κ2) is 30.5. The summed E-state index contributed by atoms with van der Waals surface area (Å²) in [7, 11) is -10.8. The van der Waals surface area contributed by atoms with Crippen LogP contribution in [-0.2, 0) is 70.3 Å². The van der Waals surface area contributed by atoms with Crippen molar-refractivity contribution in [2.24, 2.45) is 11.8 Å². The van der Waals surface area contributed by atoms with Gasteiger partial charge in [-0.05, 0) is 79.6 Å². The molecule has 0 saturated carbocycles. The summed E-state index contributed by atoms with van der Waals surface area (Å²) in [5.41, 5.74) is 1.13. The Hall–Kier alpha value is -4.36. The third kappa shape index (κ3) is 23.7. The summed E-state index contributed by atoms with van der Waals surface area (Å²) < 4.78 is 52.0. The molecule has 0 aromatic carbocycles. The molecule has 70 heavy (non-hydrogen) atoms. The van der Waals surface area contributed by atoms with Crippen LogP contribution < -0.4 is 31.9 Å². The van der Waals surface area contributed by atoms with E-state index in [9.17, 15) is 67.5 Å². The van der Waals surface area contributed by atoms with Gasteiger partial charge in [-0.3, -0.25) is 42.6 Å². The van der Waals surface area contributed by atoms with Gasteiger partial charge in [0.1, 0.15) is 42.4 Å². The van der Waals surface area contributed by atoms with Crippen LogP contribution in [0.1, 0.15) is 121 Å². The number of carbonyl (C=O) groups excluding carboxylic acids is 6. The first-order valence-electron chi connectivity index (χ1n) is 22.9. The van der Waals surface area contributed by atoms with Crippen molar-refractivity contribution >= 4 is 63.0 Å². The Kier molecular flexibility index (Phi) is 27.7. The highest BCUT2D eigenvalue weighted by molar-refractivity contribution is 7.61. The van der Waals surface area contributed by atoms with Crippen LogP contribution in [0.2, 0.25) is 0 Å². The van der Waals surface area contributed by atoms with Gasteiger partial charge < -0.3 is 66.5 Å². The van der Waals surface area contributed by atoms with Crippen molar-refractivity contribution in [2.45, 2.75) is 181 Å². The fraction of sp³-hybridized carbons (Fsp3) is 0.762. The SMILES string of the molecule is CCCC[C@H](NC(=O)CC[C@H](NC(=O)[C@@H](C)NC(=O)C(C)OC1C(C)C(CO)OC(OP(=O)(O)OP(=O)(O)OCCC(C)CCC=C(C)C)C1NC(C)=O)C(=O)O)C(=O)N[C@H](C)C(=O)N[C@H](C)C(=O)O. The molecule has 1 rings (SSSR count). The Balaban J connectivity index is 3.02. The maximum atomic E-state index is 13.4. The third-order valence-corrected chi connectivity index (χ3v) is 13.5. The number of amides is 6. The number of carbonyl (C=O) groups is 8. The first-order valence-corrected chi connectivity index (χ1v) is 25.9. The van der Waals surface area contributed by atoms with Crippen LogP contribution in [0.5, 0.6) is 0 Å². The number of rotatable bonds is 32. The molecule has 9 unspecified atom stereocenters. The number of carboxylic acid groups (broad SMARTS) is 2. The number of unbranched alkanes of at least 4 members (excludes halogenated alkanes) is 1. The van der Waals surface area contributed by atoms with E-state index in [-0.39, 0.29) is 18.9 Å². The number of ether oxygens (including phenoxy) is 2. The molecule has 0 spiro atoms. The van der Waals surface area contributed by atoms with Gasteiger partial charge >= 0.3 is 27.6 Å². The van der Waals surface area contributed by atoms with Gasteiger partial charge in [-0.15, -0.1) is 0 Å². The number of aliphatic hydroxyl groups excluding tert-OH is 1. The highest BCUT2D eigenvalue weighted by Crippen LogP contribution is 2.61. The standard InChI is InChI=1S/C42H74N6O20P2/c1-11-12-16-30(39(55)44-25(6)36(52)45-27(8)40(56)57)47-33(51)18-17-31(41(58)59)48-37(53)26(7)43-38(54)28(9)65-35-24(5)32(21-49)66-42(34(35)46-29(10)50)67-70(62,63)68-69(60,61)64-20-19-23(4)15-13-14-22(2)3/h14,23-28,30-32,34-35,42,49H,11-13,15-21H2,1-10H3,(H,43,54)(H,44,55)(H,45,52)(H,46,50)(H,47,51)(H,48,53)(H,56,57)(H,58,59)(H,60,61)(H,62,63)/t23?,24?,25-,26-,27-,28?,30+,31+,32?,34?,35?,42?/m1/s1. The Bertz CT molecular complexity index is 1920. The maximum Gasteiger partial charge on any atom is 0.483 e. The third-order valence-electron chi connectivity index (χ3n) is 10.9. The Morgan fingerprint density at radius 2 is 1.31 bits per heavy atom. The lowest BCUT2D eigenvalue weighted by molar-refractivity contribution is -0.242. The van der Waals surface area contributed by atoms with Crippen molar-refractivity contribution in [3.8, 4) is 0 Å². The van der Waals surface area contributed by atoms with Gasteiger partial charge in [0, 0.05) is 19.3 Å². The number of aliphatic carboxylic acids is 2. The lowest BCUT2D eigenvalue weighted by atomic mass is 9.89. The average Bonchev–Trinajstić information content (AvgIpc) is 3.24. The maximum absolute atomic E-state index is 13.4.